The number of aromatic nitrogens is 3. The molecule has 4 aromatic rings. The molecule has 114 valence electrons. The quantitative estimate of drug-likeness (QED) is 0.511. The Balaban J connectivity index is 2.10. The van der Waals surface area contributed by atoms with Crippen LogP contribution in [-0.4, -0.2) is 14.2 Å². The first-order valence-corrected chi connectivity index (χ1v) is 7.78. The van der Waals surface area contributed by atoms with Crippen LogP contribution in [0.3, 0.4) is 0 Å². The molecule has 2 heterocycles. The van der Waals surface area contributed by atoms with E-state index >= 15 is 0 Å². The second kappa shape index (κ2) is 5.03. The SMILES string of the molecule is Cn1c(=O)c2ccc(Br)cc2n2nc(-c3ccc(F)cc3)cc12. The van der Waals surface area contributed by atoms with Crippen LogP contribution < -0.4 is 5.56 Å². The van der Waals surface area contributed by atoms with Gasteiger partial charge in [-0.15, -0.1) is 0 Å². The minimum atomic E-state index is -0.292. The van der Waals surface area contributed by atoms with Crippen molar-refractivity contribution in [2.75, 3.05) is 0 Å². The van der Waals surface area contributed by atoms with Crippen molar-refractivity contribution in [3.05, 3.63) is 69.2 Å². The lowest BCUT2D eigenvalue weighted by Crippen LogP contribution is -2.19. The maximum Gasteiger partial charge on any atom is 0.261 e. The zero-order valence-corrected chi connectivity index (χ0v) is 13.7. The molecule has 2 aromatic heterocycles. The van der Waals surface area contributed by atoms with Gasteiger partial charge in [-0.3, -0.25) is 9.36 Å². The van der Waals surface area contributed by atoms with Gasteiger partial charge < -0.3 is 0 Å². The van der Waals surface area contributed by atoms with E-state index in [1.54, 1.807) is 34.3 Å². The van der Waals surface area contributed by atoms with E-state index in [-0.39, 0.29) is 11.4 Å². The molecule has 0 saturated heterocycles. The van der Waals surface area contributed by atoms with E-state index < -0.39 is 0 Å². The number of halogens is 2. The average Bonchev–Trinajstić information content (AvgIpc) is 2.99. The second-order valence-corrected chi connectivity index (χ2v) is 6.25. The highest BCUT2D eigenvalue weighted by Crippen LogP contribution is 2.23. The fourth-order valence-electron chi connectivity index (χ4n) is 2.69. The highest BCUT2D eigenvalue weighted by molar-refractivity contribution is 9.10. The summed E-state index contributed by atoms with van der Waals surface area (Å²) >= 11 is 3.43. The summed E-state index contributed by atoms with van der Waals surface area (Å²) in [6, 6.07) is 13.4. The number of hydrogen-bond donors (Lipinski definition) is 0. The third kappa shape index (κ3) is 2.17. The van der Waals surface area contributed by atoms with E-state index in [9.17, 15) is 9.18 Å². The van der Waals surface area contributed by atoms with Gasteiger partial charge in [-0.1, -0.05) is 15.9 Å². The molecule has 0 radical (unpaired) electrons. The molecule has 6 heteroatoms. The first-order valence-electron chi connectivity index (χ1n) is 6.98. The van der Waals surface area contributed by atoms with Crippen molar-refractivity contribution in [1.29, 1.82) is 0 Å². The summed E-state index contributed by atoms with van der Waals surface area (Å²) in [4.78, 5) is 12.5. The summed E-state index contributed by atoms with van der Waals surface area (Å²) in [5.41, 5.74) is 2.81. The molecule has 0 N–H and O–H groups in total. The Kier molecular flexibility index (Phi) is 3.09. The lowest BCUT2D eigenvalue weighted by atomic mass is 10.1. The highest BCUT2D eigenvalue weighted by atomic mass is 79.9. The maximum atomic E-state index is 13.1. The molecule has 0 atom stereocenters. The summed E-state index contributed by atoms with van der Waals surface area (Å²) in [6.45, 7) is 0. The summed E-state index contributed by atoms with van der Waals surface area (Å²) < 4.78 is 17.3. The number of fused-ring (bicyclic) bond motifs is 3. The monoisotopic (exact) mass is 371 g/mol. The molecule has 4 nitrogen and oxygen atoms in total. The highest BCUT2D eigenvalue weighted by Gasteiger charge is 2.13. The minimum absolute atomic E-state index is 0.0782. The number of rotatable bonds is 1. The van der Waals surface area contributed by atoms with Crippen LogP contribution in [0.2, 0.25) is 0 Å². The molecule has 23 heavy (non-hydrogen) atoms. The Hall–Kier alpha value is -2.47. The first kappa shape index (κ1) is 14.1. The van der Waals surface area contributed by atoms with E-state index in [1.165, 1.54) is 12.1 Å². The Labute approximate surface area is 138 Å². The molecule has 0 spiro atoms. The first-order chi connectivity index (χ1) is 11.0. The largest absolute Gasteiger partial charge is 0.296 e. The van der Waals surface area contributed by atoms with Crippen molar-refractivity contribution < 1.29 is 4.39 Å². The van der Waals surface area contributed by atoms with Gasteiger partial charge in [-0.05, 0) is 42.5 Å². The van der Waals surface area contributed by atoms with Crippen molar-refractivity contribution in [1.82, 2.24) is 14.2 Å². The Morgan fingerprint density at radius 2 is 1.83 bits per heavy atom. The van der Waals surface area contributed by atoms with Gasteiger partial charge in [-0.25, -0.2) is 8.91 Å². The smallest absolute Gasteiger partial charge is 0.261 e. The number of hydrogen-bond acceptors (Lipinski definition) is 2. The van der Waals surface area contributed by atoms with Crippen LogP contribution in [0, 0.1) is 5.82 Å². The van der Waals surface area contributed by atoms with Crippen molar-refractivity contribution in [2.45, 2.75) is 0 Å². The second-order valence-electron chi connectivity index (χ2n) is 5.33. The molecule has 0 fully saturated rings. The van der Waals surface area contributed by atoms with E-state index in [0.29, 0.717) is 16.7 Å². The van der Waals surface area contributed by atoms with E-state index in [0.717, 1.165) is 15.6 Å². The molecule has 0 unspecified atom stereocenters. The predicted molar refractivity (Wildman–Crippen MR) is 91.0 cm³/mol. The molecule has 2 aromatic carbocycles. The van der Waals surface area contributed by atoms with Gasteiger partial charge in [0.05, 0.1) is 16.6 Å². The Morgan fingerprint density at radius 3 is 2.57 bits per heavy atom. The molecule has 0 amide bonds. The van der Waals surface area contributed by atoms with E-state index in [1.807, 2.05) is 18.2 Å². The Morgan fingerprint density at radius 1 is 1.09 bits per heavy atom. The molecule has 0 aliphatic rings. The standard InChI is InChI=1S/C17H11BrFN3O/c1-21-16-9-14(10-2-5-12(19)6-3-10)20-22(16)15-8-11(18)4-7-13(15)17(21)23/h2-9H,1H3. The fraction of sp³-hybridized carbons (Fsp3) is 0.0588. The van der Waals surface area contributed by atoms with Crippen LogP contribution in [0.15, 0.2) is 57.8 Å². The van der Waals surface area contributed by atoms with Crippen molar-refractivity contribution in [2.24, 2.45) is 7.05 Å². The van der Waals surface area contributed by atoms with Gasteiger partial charge in [0.25, 0.3) is 5.56 Å². The molecular formula is C17H11BrFN3O. The van der Waals surface area contributed by atoms with E-state index in [2.05, 4.69) is 21.0 Å². The zero-order valence-electron chi connectivity index (χ0n) is 12.1. The summed E-state index contributed by atoms with van der Waals surface area (Å²) in [7, 11) is 1.72. The average molecular weight is 372 g/mol. The van der Waals surface area contributed by atoms with Crippen LogP contribution >= 0.6 is 15.9 Å². The van der Waals surface area contributed by atoms with Crippen LogP contribution in [0.4, 0.5) is 4.39 Å². The van der Waals surface area contributed by atoms with Crippen molar-refractivity contribution in [3.8, 4) is 11.3 Å². The normalized spacial score (nSPS) is 11.4. The van der Waals surface area contributed by atoms with Crippen LogP contribution in [0.1, 0.15) is 0 Å². The number of nitrogens with zero attached hydrogens (tertiary/aromatic N) is 3. The van der Waals surface area contributed by atoms with Gasteiger partial charge in [0.15, 0.2) is 0 Å². The maximum absolute atomic E-state index is 13.1. The molecular weight excluding hydrogens is 361 g/mol. The molecule has 0 bridgehead atoms. The summed E-state index contributed by atoms with van der Waals surface area (Å²) in [5.74, 6) is -0.292. The van der Waals surface area contributed by atoms with E-state index in [4.69, 9.17) is 0 Å². The Bertz CT molecular complexity index is 1110. The van der Waals surface area contributed by atoms with Crippen LogP contribution in [-0.2, 0) is 7.05 Å². The van der Waals surface area contributed by atoms with Crippen molar-refractivity contribution >= 4 is 32.5 Å². The topological polar surface area (TPSA) is 39.3 Å². The molecule has 4 rings (SSSR count). The molecule has 0 aliphatic carbocycles. The van der Waals surface area contributed by atoms with Gasteiger partial charge in [-0.2, -0.15) is 5.10 Å². The third-order valence-corrected chi connectivity index (χ3v) is 4.39. The lowest BCUT2D eigenvalue weighted by Gasteiger charge is -2.06. The molecule has 0 aliphatic heterocycles. The number of benzene rings is 2. The van der Waals surface area contributed by atoms with Crippen molar-refractivity contribution in [3.63, 3.8) is 0 Å². The zero-order chi connectivity index (χ0) is 16.1. The molecule has 0 saturated carbocycles. The minimum Gasteiger partial charge on any atom is -0.296 e. The summed E-state index contributed by atoms with van der Waals surface area (Å²) in [5, 5.41) is 5.19. The third-order valence-electron chi connectivity index (χ3n) is 3.90. The lowest BCUT2D eigenvalue weighted by molar-refractivity contribution is 0.628. The predicted octanol–water partition coefficient (Wildman–Crippen LogP) is 3.75. The van der Waals surface area contributed by atoms with Gasteiger partial charge in [0.2, 0.25) is 0 Å². The fourth-order valence-corrected chi connectivity index (χ4v) is 3.04. The van der Waals surface area contributed by atoms with Crippen LogP contribution in [0.25, 0.3) is 27.8 Å². The van der Waals surface area contributed by atoms with Gasteiger partial charge in [0, 0.05) is 23.2 Å². The number of aryl methyl sites for hydroxylation is 1. The summed E-state index contributed by atoms with van der Waals surface area (Å²) in [6.07, 6.45) is 0. The van der Waals surface area contributed by atoms with Crippen LogP contribution in [0.5, 0.6) is 0 Å². The van der Waals surface area contributed by atoms with Gasteiger partial charge >= 0.3 is 0 Å². The van der Waals surface area contributed by atoms with Gasteiger partial charge in [0.1, 0.15) is 11.5 Å².